The molecule has 1 N–H and O–H groups in total. The summed E-state index contributed by atoms with van der Waals surface area (Å²) in [6, 6.07) is 4.37. The lowest BCUT2D eigenvalue weighted by Gasteiger charge is -2.61. The Morgan fingerprint density at radius 2 is 2.03 bits per heavy atom. The largest absolute Gasteiger partial charge is 0.337 e. The first-order valence-electron chi connectivity index (χ1n) is 10.4. The summed E-state index contributed by atoms with van der Waals surface area (Å²) in [6.07, 6.45) is 5.65. The van der Waals surface area contributed by atoms with E-state index in [2.05, 4.69) is 32.3 Å². The first-order chi connectivity index (χ1) is 14.9. The van der Waals surface area contributed by atoms with Crippen molar-refractivity contribution in [3.63, 3.8) is 0 Å². The third kappa shape index (κ3) is 3.15. The normalized spacial score (nSPS) is 24.6. The molecule has 1 saturated heterocycles. The van der Waals surface area contributed by atoms with Crippen molar-refractivity contribution in [1.82, 2.24) is 25.0 Å². The highest BCUT2D eigenvalue weighted by Gasteiger charge is 2.62. The Labute approximate surface area is 178 Å². The van der Waals surface area contributed by atoms with Crippen LogP contribution < -0.4 is 5.32 Å². The Morgan fingerprint density at radius 3 is 2.74 bits per heavy atom. The number of aromatic nitrogens is 4. The van der Waals surface area contributed by atoms with Gasteiger partial charge in [0, 0.05) is 30.4 Å². The second-order valence-electron chi connectivity index (χ2n) is 8.60. The van der Waals surface area contributed by atoms with E-state index in [1.807, 2.05) is 0 Å². The monoisotopic (exact) mass is 422 g/mol. The van der Waals surface area contributed by atoms with E-state index in [0.29, 0.717) is 34.6 Å². The van der Waals surface area contributed by atoms with Gasteiger partial charge in [0.15, 0.2) is 11.6 Å². The Hall–Kier alpha value is -3.36. The number of amides is 2. The molecule has 1 aromatic carbocycles. The topological polar surface area (TPSA) is 97.0 Å². The van der Waals surface area contributed by atoms with E-state index in [1.165, 1.54) is 6.07 Å². The van der Waals surface area contributed by atoms with Gasteiger partial charge in [0.2, 0.25) is 0 Å². The van der Waals surface area contributed by atoms with Crippen LogP contribution in [-0.4, -0.2) is 37.1 Å². The Morgan fingerprint density at radius 1 is 1.26 bits per heavy atom. The first kappa shape index (κ1) is 19.6. The molecular weight excluding hydrogens is 399 g/mol. The van der Waals surface area contributed by atoms with E-state index in [0.717, 1.165) is 19.3 Å². The van der Waals surface area contributed by atoms with Crippen molar-refractivity contribution in [2.75, 3.05) is 5.32 Å². The summed E-state index contributed by atoms with van der Waals surface area (Å²) >= 11 is 0. The number of aryl methyl sites for hydroxylation is 2. The summed E-state index contributed by atoms with van der Waals surface area (Å²) in [5.41, 5.74) is 0.805. The lowest BCUT2D eigenvalue weighted by molar-refractivity contribution is -0.112. The summed E-state index contributed by atoms with van der Waals surface area (Å²) in [4.78, 5) is 28.0. The van der Waals surface area contributed by atoms with Crippen LogP contribution in [0.15, 0.2) is 35.1 Å². The first-order valence-corrected chi connectivity index (χ1v) is 10.4. The number of piperidine rings is 1. The van der Waals surface area contributed by atoms with Crippen LogP contribution in [0.4, 0.5) is 14.9 Å². The van der Waals surface area contributed by atoms with Gasteiger partial charge in [-0.2, -0.15) is 4.98 Å². The predicted molar refractivity (Wildman–Crippen MR) is 111 cm³/mol. The highest BCUT2D eigenvalue weighted by Crippen LogP contribution is 2.55. The number of carbonyl (C=O) groups excluding carboxylic acids is 1. The van der Waals surface area contributed by atoms with E-state index in [-0.39, 0.29) is 17.8 Å². The number of anilines is 1. The van der Waals surface area contributed by atoms with Crippen molar-refractivity contribution in [1.29, 1.82) is 0 Å². The average Bonchev–Trinajstić information content (AvgIpc) is 3.17. The third-order valence-corrected chi connectivity index (χ3v) is 6.27. The van der Waals surface area contributed by atoms with Crippen LogP contribution in [0.3, 0.4) is 0 Å². The molecule has 1 aliphatic carbocycles. The number of carbonyl (C=O) groups is 1. The van der Waals surface area contributed by atoms with Gasteiger partial charge >= 0.3 is 6.03 Å². The molecule has 160 valence electrons. The molecular formula is C22H23FN6O2. The van der Waals surface area contributed by atoms with Crippen molar-refractivity contribution >= 4 is 11.7 Å². The minimum absolute atomic E-state index is 0.0568. The zero-order valence-corrected chi connectivity index (χ0v) is 17.6. The van der Waals surface area contributed by atoms with Crippen LogP contribution in [0.25, 0.3) is 11.4 Å². The molecule has 2 amide bonds. The summed E-state index contributed by atoms with van der Waals surface area (Å²) < 4.78 is 20.2. The number of nitrogens with zero attached hydrogens (tertiary/aromatic N) is 5. The molecule has 5 rings (SSSR count). The fourth-order valence-electron chi connectivity index (χ4n) is 5.06. The minimum Gasteiger partial charge on any atom is -0.337 e. The zero-order valence-electron chi connectivity index (χ0n) is 17.6. The smallest absolute Gasteiger partial charge is 0.323 e. The van der Waals surface area contributed by atoms with Gasteiger partial charge < -0.3 is 14.7 Å². The lowest BCUT2D eigenvalue weighted by Crippen LogP contribution is -2.70. The van der Waals surface area contributed by atoms with Crippen LogP contribution in [0.1, 0.15) is 43.5 Å². The Bertz CT molecular complexity index is 1150. The number of fused-ring (bicyclic) bond motifs is 2. The minimum atomic E-state index is -0.639. The van der Waals surface area contributed by atoms with Crippen molar-refractivity contribution in [3.8, 4) is 11.4 Å². The zero-order chi connectivity index (χ0) is 21.8. The highest BCUT2D eigenvalue weighted by molar-refractivity contribution is 5.92. The number of rotatable bonds is 3. The van der Waals surface area contributed by atoms with E-state index in [4.69, 9.17) is 4.52 Å². The maximum Gasteiger partial charge on any atom is 0.323 e. The number of hydrogen-bond donors (Lipinski definition) is 1. The average molecular weight is 422 g/mol. The van der Waals surface area contributed by atoms with Gasteiger partial charge in [-0.05, 0) is 56.4 Å². The molecule has 2 bridgehead atoms. The van der Waals surface area contributed by atoms with Gasteiger partial charge in [0.1, 0.15) is 11.4 Å². The molecule has 1 saturated carbocycles. The van der Waals surface area contributed by atoms with Gasteiger partial charge in [-0.25, -0.2) is 19.2 Å². The Kier molecular flexibility index (Phi) is 4.49. The molecule has 2 unspecified atom stereocenters. The second kappa shape index (κ2) is 7.11. The van der Waals surface area contributed by atoms with Crippen LogP contribution >= 0.6 is 0 Å². The summed E-state index contributed by atoms with van der Waals surface area (Å²) in [5, 5.41) is 6.68. The number of urea groups is 1. The van der Waals surface area contributed by atoms with E-state index in [9.17, 15) is 9.18 Å². The molecule has 0 spiro atoms. The number of nitrogens with one attached hydrogen (secondary N) is 1. The van der Waals surface area contributed by atoms with Gasteiger partial charge in [-0.15, -0.1) is 0 Å². The summed E-state index contributed by atoms with van der Waals surface area (Å²) in [5.74, 6) is 1.37. The SMILES string of the molecule is Cc1noc(C23CC(C[C@@H](C)C2)N3C(=O)Nc2cc(-c3ncccn3)c(C)cc2F)n1. The fraction of sp³-hybridized carbons (Fsp3) is 0.409. The molecule has 2 aliphatic rings. The highest BCUT2D eigenvalue weighted by atomic mass is 19.1. The number of likely N-dealkylation sites (tertiary alicyclic amines) is 1. The van der Waals surface area contributed by atoms with Crippen molar-refractivity contribution in [3.05, 3.63) is 53.7 Å². The molecule has 2 aromatic heterocycles. The van der Waals surface area contributed by atoms with Crippen LogP contribution in [0, 0.1) is 25.6 Å². The molecule has 3 heterocycles. The van der Waals surface area contributed by atoms with Crippen molar-refractivity contribution < 1.29 is 13.7 Å². The predicted octanol–water partition coefficient (Wildman–Crippen LogP) is 4.21. The quantitative estimate of drug-likeness (QED) is 0.679. The van der Waals surface area contributed by atoms with Gasteiger partial charge in [-0.3, -0.25) is 0 Å². The number of benzene rings is 1. The molecule has 3 aromatic rings. The van der Waals surface area contributed by atoms with Crippen molar-refractivity contribution in [2.45, 2.75) is 51.6 Å². The number of hydrogen-bond acceptors (Lipinski definition) is 6. The van der Waals surface area contributed by atoms with E-state index in [1.54, 1.807) is 43.3 Å². The fourth-order valence-corrected chi connectivity index (χ4v) is 5.06. The van der Waals surface area contributed by atoms with E-state index >= 15 is 0 Å². The molecule has 31 heavy (non-hydrogen) atoms. The molecule has 8 nitrogen and oxygen atoms in total. The molecule has 2 fully saturated rings. The lowest BCUT2D eigenvalue weighted by atomic mass is 9.64. The maximum absolute atomic E-state index is 14.8. The third-order valence-electron chi connectivity index (χ3n) is 6.27. The van der Waals surface area contributed by atoms with Crippen LogP contribution in [0.5, 0.6) is 0 Å². The number of halogens is 1. The van der Waals surface area contributed by atoms with E-state index < -0.39 is 11.4 Å². The summed E-state index contributed by atoms with van der Waals surface area (Å²) in [7, 11) is 0. The Balaban J connectivity index is 1.46. The molecule has 1 aliphatic heterocycles. The van der Waals surface area contributed by atoms with Gasteiger partial charge in [-0.1, -0.05) is 12.1 Å². The second-order valence-corrected chi connectivity index (χ2v) is 8.60. The van der Waals surface area contributed by atoms with Gasteiger partial charge in [0.05, 0.1) is 5.69 Å². The standard InChI is InChI=1S/C22H23FN6O2/c1-12-7-15-11-22(10-12,20-26-14(3)28-31-20)29(15)21(30)27-18-9-16(13(2)8-17(18)23)19-24-5-4-6-25-19/h4-6,8-9,12,15H,7,10-11H2,1-3H3,(H,27,30)/t12-,15?,22?/m1/s1. The van der Waals surface area contributed by atoms with Crippen LogP contribution in [-0.2, 0) is 5.54 Å². The molecule has 3 atom stereocenters. The van der Waals surface area contributed by atoms with Gasteiger partial charge in [0.25, 0.3) is 5.89 Å². The summed E-state index contributed by atoms with van der Waals surface area (Å²) in [6.45, 7) is 5.70. The van der Waals surface area contributed by atoms with Crippen molar-refractivity contribution in [2.24, 2.45) is 5.92 Å². The molecule has 0 radical (unpaired) electrons. The van der Waals surface area contributed by atoms with Crippen LogP contribution in [0.2, 0.25) is 0 Å². The molecule has 9 heteroatoms. The maximum atomic E-state index is 14.8.